The molecular formula is C27H34N6O. The van der Waals surface area contributed by atoms with Crippen LogP contribution in [0.25, 0.3) is 16.8 Å². The number of aromatic nitrogens is 3. The van der Waals surface area contributed by atoms with Crippen LogP contribution in [0.15, 0.2) is 42.9 Å². The summed E-state index contributed by atoms with van der Waals surface area (Å²) in [5.41, 5.74) is 5.65. The molecule has 178 valence electrons. The molecule has 1 atom stereocenters. The van der Waals surface area contributed by atoms with Crippen molar-refractivity contribution in [1.29, 1.82) is 0 Å². The van der Waals surface area contributed by atoms with Crippen LogP contribution in [-0.4, -0.2) is 64.7 Å². The maximum atomic E-state index is 12.7. The van der Waals surface area contributed by atoms with Crippen molar-refractivity contribution in [3.63, 3.8) is 0 Å². The van der Waals surface area contributed by atoms with Crippen LogP contribution in [0.1, 0.15) is 44.1 Å². The molecule has 0 spiro atoms. The van der Waals surface area contributed by atoms with Crippen molar-refractivity contribution >= 4 is 17.1 Å². The van der Waals surface area contributed by atoms with Gasteiger partial charge >= 0.3 is 0 Å². The van der Waals surface area contributed by atoms with Crippen molar-refractivity contribution in [1.82, 2.24) is 24.8 Å². The molecule has 2 aliphatic heterocycles. The van der Waals surface area contributed by atoms with E-state index in [0.717, 1.165) is 68.9 Å². The minimum Gasteiger partial charge on any atom is -0.366 e. The van der Waals surface area contributed by atoms with Gasteiger partial charge in [-0.05, 0) is 67.8 Å². The lowest BCUT2D eigenvalue weighted by Gasteiger charge is -2.40. The van der Waals surface area contributed by atoms with Gasteiger partial charge in [0.2, 0.25) is 5.91 Å². The number of nitrogens with one attached hydrogen (secondary N) is 1. The summed E-state index contributed by atoms with van der Waals surface area (Å²) >= 11 is 0. The third-order valence-corrected chi connectivity index (χ3v) is 7.99. The number of piperazine rings is 1. The fourth-order valence-electron chi connectivity index (χ4n) is 5.89. The third kappa shape index (κ3) is 4.06. The second-order valence-electron chi connectivity index (χ2n) is 10.4. The van der Waals surface area contributed by atoms with Crippen LogP contribution in [-0.2, 0) is 4.79 Å². The van der Waals surface area contributed by atoms with Gasteiger partial charge < -0.3 is 15.1 Å². The monoisotopic (exact) mass is 458 g/mol. The predicted molar refractivity (Wildman–Crippen MR) is 134 cm³/mol. The van der Waals surface area contributed by atoms with Gasteiger partial charge in [-0.15, -0.1) is 0 Å². The van der Waals surface area contributed by atoms with Crippen molar-refractivity contribution in [3.05, 3.63) is 48.4 Å². The molecule has 3 aromatic heterocycles. The van der Waals surface area contributed by atoms with E-state index < -0.39 is 0 Å². The number of piperidine rings is 1. The average molecular weight is 459 g/mol. The molecule has 3 aromatic rings. The zero-order valence-corrected chi connectivity index (χ0v) is 20.0. The number of anilines is 1. The van der Waals surface area contributed by atoms with Gasteiger partial charge in [0.1, 0.15) is 0 Å². The van der Waals surface area contributed by atoms with Crippen LogP contribution in [0.5, 0.6) is 0 Å². The number of amides is 1. The summed E-state index contributed by atoms with van der Waals surface area (Å²) < 4.78 is 1.96. The van der Waals surface area contributed by atoms with Gasteiger partial charge in [0.15, 0.2) is 0 Å². The number of carbonyl (C=O) groups is 1. The predicted octanol–water partition coefficient (Wildman–Crippen LogP) is 3.56. The van der Waals surface area contributed by atoms with Crippen molar-refractivity contribution in [2.45, 2.75) is 38.5 Å². The van der Waals surface area contributed by atoms with E-state index in [2.05, 4.69) is 57.6 Å². The van der Waals surface area contributed by atoms with E-state index >= 15 is 0 Å². The molecule has 34 heavy (non-hydrogen) atoms. The summed E-state index contributed by atoms with van der Waals surface area (Å²) in [4.78, 5) is 22.0. The zero-order valence-electron chi connectivity index (χ0n) is 20.0. The Balaban J connectivity index is 1.17. The molecule has 0 bridgehead atoms. The molecule has 7 heteroatoms. The minimum atomic E-state index is 0.260. The number of rotatable bonds is 4. The Morgan fingerprint density at radius 2 is 1.97 bits per heavy atom. The molecule has 6 rings (SSSR count). The summed E-state index contributed by atoms with van der Waals surface area (Å²) in [5, 5.41) is 8.05. The molecule has 0 unspecified atom stereocenters. The molecule has 0 radical (unpaired) electrons. The quantitative estimate of drug-likeness (QED) is 0.648. The van der Waals surface area contributed by atoms with Gasteiger partial charge in [-0.25, -0.2) is 4.52 Å². The smallest absolute Gasteiger partial charge is 0.225 e. The Hall–Kier alpha value is -2.93. The molecule has 3 aliphatic rings. The lowest BCUT2D eigenvalue weighted by Crippen LogP contribution is -2.52. The molecule has 3 fully saturated rings. The van der Waals surface area contributed by atoms with Crippen LogP contribution in [0.4, 0.5) is 5.69 Å². The van der Waals surface area contributed by atoms with Crippen molar-refractivity contribution in [2.75, 3.05) is 44.2 Å². The first kappa shape index (κ1) is 21.6. The number of pyridine rings is 1. The summed E-state index contributed by atoms with van der Waals surface area (Å²) in [6.07, 6.45) is 10.6. The van der Waals surface area contributed by atoms with Gasteiger partial charge in [-0.1, -0.05) is 13.0 Å². The molecule has 1 saturated carbocycles. The van der Waals surface area contributed by atoms with Gasteiger partial charge in [-0.2, -0.15) is 5.10 Å². The average Bonchev–Trinajstić information content (AvgIpc) is 3.32. The standard InChI is InChI=1S/C27H34N6O/c1-19-13-22(14-19)27(34)32-11-9-31(10-12-32)25-6-8-30-33-18-23(15-26(25)33)24-5-4-21(17-29-24)20-3-2-7-28-16-20/h4-6,8,15,17-20,22,28H,2-3,7,9-14,16H2,1H3/t19-,20-,22-/m1/s1. The number of hydrogen-bond acceptors (Lipinski definition) is 5. The fraction of sp³-hybridized carbons (Fsp3) is 0.519. The van der Waals surface area contributed by atoms with Gasteiger partial charge in [-0.3, -0.25) is 9.78 Å². The van der Waals surface area contributed by atoms with Gasteiger partial charge in [0, 0.05) is 62.8 Å². The Labute approximate surface area is 201 Å². The molecule has 2 saturated heterocycles. The highest BCUT2D eigenvalue weighted by atomic mass is 16.2. The van der Waals surface area contributed by atoms with E-state index in [4.69, 9.17) is 4.98 Å². The van der Waals surface area contributed by atoms with E-state index in [1.54, 1.807) is 0 Å². The van der Waals surface area contributed by atoms with Crippen LogP contribution < -0.4 is 10.2 Å². The molecular weight excluding hydrogens is 424 g/mol. The maximum Gasteiger partial charge on any atom is 0.225 e. The van der Waals surface area contributed by atoms with Crippen molar-refractivity contribution < 1.29 is 4.79 Å². The SMILES string of the molecule is C[C@H]1C[C@H](C(=O)N2CCN(c3ccnn4cc(-c5ccc([C@@H]6CCCNC6)cn5)cc34)CC2)C1. The summed E-state index contributed by atoms with van der Waals surface area (Å²) in [5.74, 6) is 1.89. The largest absolute Gasteiger partial charge is 0.366 e. The topological polar surface area (TPSA) is 65.8 Å². The summed E-state index contributed by atoms with van der Waals surface area (Å²) in [6, 6.07) is 8.66. The summed E-state index contributed by atoms with van der Waals surface area (Å²) in [7, 11) is 0. The van der Waals surface area contributed by atoms with E-state index in [-0.39, 0.29) is 5.92 Å². The molecule has 5 heterocycles. The van der Waals surface area contributed by atoms with E-state index in [1.165, 1.54) is 24.1 Å². The Bertz CT molecular complexity index is 1150. The lowest BCUT2D eigenvalue weighted by molar-refractivity contribution is -0.140. The van der Waals surface area contributed by atoms with Crippen LogP contribution in [0.2, 0.25) is 0 Å². The van der Waals surface area contributed by atoms with E-state index in [1.807, 2.05) is 16.9 Å². The fourth-order valence-corrected chi connectivity index (χ4v) is 5.89. The first-order chi connectivity index (χ1) is 16.7. The Morgan fingerprint density at radius 1 is 1.12 bits per heavy atom. The maximum absolute atomic E-state index is 12.7. The second kappa shape index (κ2) is 9.02. The molecule has 1 N–H and O–H groups in total. The van der Waals surface area contributed by atoms with Crippen LogP contribution in [0, 0.1) is 11.8 Å². The summed E-state index contributed by atoms with van der Waals surface area (Å²) in [6.45, 7) is 7.71. The highest BCUT2D eigenvalue weighted by Crippen LogP contribution is 2.35. The Morgan fingerprint density at radius 3 is 2.68 bits per heavy atom. The normalized spacial score (nSPS) is 25.4. The van der Waals surface area contributed by atoms with Gasteiger partial charge in [0.25, 0.3) is 0 Å². The van der Waals surface area contributed by atoms with Crippen molar-refractivity contribution in [2.24, 2.45) is 11.8 Å². The highest BCUT2D eigenvalue weighted by Gasteiger charge is 2.35. The highest BCUT2D eigenvalue weighted by molar-refractivity contribution is 5.81. The van der Waals surface area contributed by atoms with Gasteiger partial charge in [0.05, 0.1) is 16.9 Å². The first-order valence-corrected chi connectivity index (χ1v) is 12.8. The second-order valence-corrected chi connectivity index (χ2v) is 10.4. The molecule has 1 aliphatic carbocycles. The first-order valence-electron chi connectivity index (χ1n) is 12.8. The third-order valence-electron chi connectivity index (χ3n) is 7.99. The van der Waals surface area contributed by atoms with E-state index in [9.17, 15) is 4.79 Å². The van der Waals surface area contributed by atoms with E-state index in [0.29, 0.717) is 17.7 Å². The number of carbonyl (C=O) groups excluding carboxylic acids is 1. The van der Waals surface area contributed by atoms with Crippen LogP contribution >= 0.6 is 0 Å². The number of nitrogens with zero attached hydrogens (tertiary/aromatic N) is 5. The number of hydrogen-bond donors (Lipinski definition) is 1. The zero-order chi connectivity index (χ0) is 23.1. The van der Waals surface area contributed by atoms with Crippen LogP contribution in [0.3, 0.4) is 0 Å². The lowest BCUT2D eigenvalue weighted by atomic mass is 9.75. The molecule has 1 amide bonds. The number of fused-ring (bicyclic) bond motifs is 1. The molecule has 0 aromatic carbocycles. The Kier molecular flexibility index (Phi) is 5.73. The van der Waals surface area contributed by atoms with Crippen molar-refractivity contribution in [3.8, 4) is 11.3 Å². The minimum absolute atomic E-state index is 0.260. The molecule has 7 nitrogen and oxygen atoms in total.